The molecule has 0 aliphatic carbocycles. The number of benzene rings is 2. The van der Waals surface area contributed by atoms with E-state index in [4.69, 9.17) is 0 Å². The number of thioether (sulfide) groups is 2. The normalized spacial score (nSPS) is 11.5. The third-order valence-electron chi connectivity index (χ3n) is 3.73. The molecule has 0 radical (unpaired) electrons. The number of nitrogens with zero attached hydrogens (tertiary/aromatic N) is 4. The topological polar surface area (TPSA) is 55.1 Å². The van der Waals surface area contributed by atoms with Gasteiger partial charge in [-0.05, 0) is 30.5 Å². The molecule has 1 aromatic heterocycles. The molecule has 7 heteroatoms. The van der Waals surface area contributed by atoms with Crippen molar-refractivity contribution in [1.82, 2.24) is 14.8 Å². The van der Waals surface area contributed by atoms with Gasteiger partial charge in [-0.2, -0.15) is 10.2 Å². The zero-order valence-electron chi connectivity index (χ0n) is 14.8. The molecule has 0 atom stereocenters. The Morgan fingerprint density at radius 3 is 2.50 bits per heavy atom. The van der Waals surface area contributed by atoms with E-state index in [2.05, 4.69) is 76.9 Å². The van der Waals surface area contributed by atoms with Crippen molar-refractivity contribution in [3.63, 3.8) is 0 Å². The Labute approximate surface area is 162 Å². The number of hydrogen-bond acceptors (Lipinski definition) is 6. The van der Waals surface area contributed by atoms with Gasteiger partial charge in [0, 0.05) is 5.75 Å². The summed E-state index contributed by atoms with van der Waals surface area (Å²) >= 11 is 3.36. The number of rotatable bonds is 6. The molecule has 0 amide bonds. The van der Waals surface area contributed by atoms with Crippen LogP contribution >= 0.6 is 23.5 Å². The van der Waals surface area contributed by atoms with Crippen LogP contribution in [0, 0.1) is 13.8 Å². The van der Waals surface area contributed by atoms with Crippen molar-refractivity contribution in [2.24, 2.45) is 5.10 Å². The van der Waals surface area contributed by atoms with Crippen molar-refractivity contribution in [2.45, 2.75) is 25.5 Å². The molecule has 134 valence electrons. The van der Waals surface area contributed by atoms with Crippen LogP contribution in [-0.4, -0.2) is 19.1 Å². The van der Waals surface area contributed by atoms with Gasteiger partial charge in [-0.15, -0.1) is 0 Å². The summed E-state index contributed by atoms with van der Waals surface area (Å²) in [6, 6.07) is 16.6. The highest BCUT2D eigenvalue weighted by Gasteiger charge is 2.06. The Morgan fingerprint density at radius 1 is 1.04 bits per heavy atom. The molecule has 0 saturated carbocycles. The van der Waals surface area contributed by atoms with E-state index in [9.17, 15) is 0 Å². The third kappa shape index (κ3) is 5.37. The molecule has 0 spiro atoms. The molecule has 5 nitrogen and oxygen atoms in total. The van der Waals surface area contributed by atoms with E-state index in [0.29, 0.717) is 5.88 Å². The summed E-state index contributed by atoms with van der Waals surface area (Å²) in [4.78, 5) is 3.99. The number of aromatic nitrogens is 3. The van der Waals surface area contributed by atoms with Crippen LogP contribution in [0.15, 0.2) is 66.3 Å². The standard InChI is InChI=1S/C19H21N5S2/c1-15-7-6-8-16(2)18(15)22-23-19(26-14-24-13-20-12-21-24)25-11-17-9-4-3-5-10-17/h3-10,12-13,22H,11,14H2,1-2H3/b23-19+. The Bertz CT molecular complexity index is 827. The summed E-state index contributed by atoms with van der Waals surface area (Å²) in [5.74, 6) is 1.55. The highest BCUT2D eigenvalue weighted by atomic mass is 32.2. The Kier molecular flexibility index (Phi) is 6.74. The van der Waals surface area contributed by atoms with Gasteiger partial charge in [0.2, 0.25) is 0 Å². The summed E-state index contributed by atoms with van der Waals surface area (Å²) in [6.45, 7) is 4.17. The molecule has 0 unspecified atom stereocenters. The van der Waals surface area contributed by atoms with Gasteiger partial charge in [0.25, 0.3) is 0 Å². The lowest BCUT2D eigenvalue weighted by Crippen LogP contribution is -2.02. The number of hydrazone groups is 1. The first-order chi connectivity index (χ1) is 12.7. The van der Waals surface area contributed by atoms with Gasteiger partial charge in [-0.3, -0.25) is 5.43 Å². The van der Waals surface area contributed by atoms with Gasteiger partial charge < -0.3 is 0 Å². The molecule has 0 fully saturated rings. The van der Waals surface area contributed by atoms with Crippen LogP contribution in [0.3, 0.4) is 0 Å². The number of para-hydroxylation sites is 1. The Balaban J connectivity index is 1.70. The second kappa shape index (κ2) is 9.45. The van der Waals surface area contributed by atoms with Gasteiger partial charge in [0.15, 0.2) is 4.38 Å². The smallest absolute Gasteiger partial charge is 0.152 e. The van der Waals surface area contributed by atoms with E-state index in [1.807, 2.05) is 6.07 Å². The molecule has 3 rings (SSSR count). The minimum Gasteiger partial charge on any atom is -0.276 e. The fraction of sp³-hybridized carbons (Fsp3) is 0.211. The van der Waals surface area contributed by atoms with E-state index in [-0.39, 0.29) is 0 Å². The van der Waals surface area contributed by atoms with Crippen LogP contribution in [0.1, 0.15) is 16.7 Å². The number of aryl methyl sites for hydroxylation is 2. The number of anilines is 1. The Morgan fingerprint density at radius 2 is 1.81 bits per heavy atom. The van der Waals surface area contributed by atoms with E-state index in [1.165, 1.54) is 16.7 Å². The van der Waals surface area contributed by atoms with Crippen LogP contribution in [0.2, 0.25) is 0 Å². The van der Waals surface area contributed by atoms with Crippen LogP contribution in [0.5, 0.6) is 0 Å². The quantitative estimate of drug-likeness (QED) is 0.373. The van der Waals surface area contributed by atoms with Crippen molar-refractivity contribution >= 4 is 33.6 Å². The summed E-state index contributed by atoms with van der Waals surface area (Å²) in [6.07, 6.45) is 3.26. The van der Waals surface area contributed by atoms with Gasteiger partial charge in [0.1, 0.15) is 12.7 Å². The first-order valence-electron chi connectivity index (χ1n) is 8.24. The first-order valence-corrected chi connectivity index (χ1v) is 10.2. The zero-order chi connectivity index (χ0) is 18.2. The van der Waals surface area contributed by atoms with Crippen LogP contribution in [0.4, 0.5) is 5.69 Å². The fourth-order valence-corrected chi connectivity index (χ4v) is 4.09. The molecule has 1 N–H and O–H groups in total. The molecular weight excluding hydrogens is 362 g/mol. The average Bonchev–Trinajstić information content (AvgIpc) is 3.17. The van der Waals surface area contributed by atoms with Gasteiger partial charge in [-0.1, -0.05) is 72.1 Å². The summed E-state index contributed by atoms with van der Waals surface area (Å²) in [5.41, 5.74) is 7.95. The van der Waals surface area contributed by atoms with Gasteiger partial charge >= 0.3 is 0 Å². The number of nitrogens with one attached hydrogen (secondary N) is 1. The summed E-state index contributed by atoms with van der Waals surface area (Å²) < 4.78 is 2.76. The predicted molar refractivity (Wildman–Crippen MR) is 112 cm³/mol. The second-order valence-electron chi connectivity index (χ2n) is 5.74. The summed E-state index contributed by atoms with van der Waals surface area (Å²) in [5, 5.41) is 8.81. The van der Waals surface area contributed by atoms with Crippen molar-refractivity contribution in [3.8, 4) is 0 Å². The zero-order valence-corrected chi connectivity index (χ0v) is 16.4. The monoisotopic (exact) mass is 383 g/mol. The lowest BCUT2D eigenvalue weighted by Gasteiger charge is -2.11. The third-order valence-corrected chi connectivity index (χ3v) is 5.99. The maximum absolute atomic E-state index is 4.66. The molecule has 0 aliphatic heterocycles. The highest BCUT2D eigenvalue weighted by Crippen LogP contribution is 2.25. The molecule has 26 heavy (non-hydrogen) atoms. The largest absolute Gasteiger partial charge is 0.276 e. The minimum atomic E-state index is 0.676. The van der Waals surface area contributed by atoms with Gasteiger partial charge in [-0.25, -0.2) is 9.67 Å². The molecule has 1 heterocycles. The van der Waals surface area contributed by atoms with Crippen molar-refractivity contribution in [3.05, 3.63) is 77.9 Å². The van der Waals surface area contributed by atoms with E-state index in [0.717, 1.165) is 15.8 Å². The SMILES string of the molecule is Cc1cccc(C)c1N/N=C(\SCc1ccccc1)SCn1cncn1. The van der Waals surface area contributed by atoms with Crippen LogP contribution < -0.4 is 5.43 Å². The summed E-state index contributed by atoms with van der Waals surface area (Å²) in [7, 11) is 0. The first kappa shape index (κ1) is 18.5. The Hall–Kier alpha value is -2.25. The second-order valence-corrected chi connectivity index (χ2v) is 7.90. The van der Waals surface area contributed by atoms with E-state index in [1.54, 1.807) is 40.9 Å². The number of hydrogen-bond donors (Lipinski definition) is 1. The maximum Gasteiger partial charge on any atom is 0.152 e. The molecule has 3 aromatic rings. The maximum atomic E-state index is 4.66. The minimum absolute atomic E-state index is 0.676. The molecule has 0 aliphatic rings. The molecule has 0 bridgehead atoms. The van der Waals surface area contributed by atoms with Crippen LogP contribution in [-0.2, 0) is 11.6 Å². The van der Waals surface area contributed by atoms with E-state index >= 15 is 0 Å². The van der Waals surface area contributed by atoms with Gasteiger partial charge in [0.05, 0.1) is 11.6 Å². The molecule has 2 aromatic carbocycles. The van der Waals surface area contributed by atoms with Crippen LogP contribution in [0.25, 0.3) is 0 Å². The highest BCUT2D eigenvalue weighted by molar-refractivity contribution is 8.38. The lowest BCUT2D eigenvalue weighted by atomic mass is 10.1. The fourth-order valence-electron chi connectivity index (χ4n) is 2.34. The predicted octanol–water partition coefficient (Wildman–Crippen LogP) is 4.90. The van der Waals surface area contributed by atoms with E-state index < -0.39 is 0 Å². The van der Waals surface area contributed by atoms with Crippen molar-refractivity contribution in [1.29, 1.82) is 0 Å². The van der Waals surface area contributed by atoms with Crippen molar-refractivity contribution in [2.75, 3.05) is 5.43 Å². The lowest BCUT2D eigenvalue weighted by molar-refractivity contribution is 0.751. The average molecular weight is 384 g/mol. The van der Waals surface area contributed by atoms with Crippen molar-refractivity contribution < 1.29 is 0 Å². The molecule has 0 saturated heterocycles. The molecular formula is C19H21N5S2.